The minimum atomic E-state index is -1.01. The third-order valence-electron chi connectivity index (χ3n) is 6.69. The van der Waals surface area contributed by atoms with Gasteiger partial charge in [-0.25, -0.2) is 9.59 Å². The van der Waals surface area contributed by atoms with Crippen LogP contribution in [0.4, 0.5) is 4.79 Å². The number of carbonyl (C=O) groups is 3. The van der Waals surface area contributed by atoms with Crippen molar-refractivity contribution in [3.8, 4) is 11.1 Å². The molecule has 4 rings (SSSR count). The Morgan fingerprint density at radius 2 is 1.68 bits per heavy atom. The van der Waals surface area contributed by atoms with Crippen LogP contribution in [-0.4, -0.2) is 66.9 Å². The molecule has 2 aromatic carbocycles. The molecule has 34 heavy (non-hydrogen) atoms. The van der Waals surface area contributed by atoms with Crippen LogP contribution in [0.2, 0.25) is 0 Å². The van der Waals surface area contributed by atoms with E-state index in [0.29, 0.717) is 13.0 Å². The summed E-state index contributed by atoms with van der Waals surface area (Å²) in [4.78, 5) is 37.6. The first-order valence-electron chi connectivity index (χ1n) is 11.5. The SMILES string of the molecule is CC1(C)CCN(C(=O)COCCNC(=O)OCC2c3ccccc3-c3ccccc32)C1C(=O)O. The molecule has 8 nitrogen and oxygen atoms in total. The Bertz CT molecular complexity index is 1040. The van der Waals surface area contributed by atoms with Crippen molar-refractivity contribution in [3.63, 3.8) is 0 Å². The fraction of sp³-hybridized carbons (Fsp3) is 0.423. The van der Waals surface area contributed by atoms with Crippen LogP contribution in [0.25, 0.3) is 11.1 Å². The van der Waals surface area contributed by atoms with Gasteiger partial charge in [-0.05, 0) is 34.1 Å². The Morgan fingerprint density at radius 1 is 1.06 bits per heavy atom. The monoisotopic (exact) mass is 466 g/mol. The Hall–Kier alpha value is -3.39. The molecule has 0 spiro atoms. The highest BCUT2D eigenvalue weighted by Crippen LogP contribution is 2.44. The highest BCUT2D eigenvalue weighted by molar-refractivity contribution is 5.85. The van der Waals surface area contributed by atoms with Crippen LogP contribution in [0.1, 0.15) is 37.3 Å². The zero-order valence-electron chi connectivity index (χ0n) is 19.5. The van der Waals surface area contributed by atoms with Crippen LogP contribution in [0.5, 0.6) is 0 Å². The van der Waals surface area contributed by atoms with E-state index in [-0.39, 0.29) is 38.2 Å². The van der Waals surface area contributed by atoms with Crippen LogP contribution in [-0.2, 0) is 19.1 Å². The summed E-state index contributed by atoms with van der Waals surface area (Å²) in [7, 11) is 0. The number of hydrogen-bond donors (Lipinski definition) is 2. The number of hydrogen-bond acceptors (Lipinski definition) is 5. The number of rotatable bonds is 8. The molecule has 8 heteroatoms. The van der Waals surface area contributed by atoms with E-state index in [1.54, 1.807) is 0 Å². The highest BCUT2D eigenvalue weighted by atomic mass is 16.5. The second-order valence-electron chi connectivity index (χ2n) is 9.37. The molecular weight excluding hydrogens is 436 g/mol. The molecule has 2 N–H and O–H groups in total. The molecule has 2 aliphatic rings. The lowest BCUT2D eigenvalue weighted by Gasteiger charge is -2.28. The van der Waals surface area contributed by atoms with E-state index >= 15 is 0 Å². The molecule has 1 aliphatic heterocycles. The lowest BCUT2D eigenvalue weighted by Crippen LogP contribution is -2.47. The molecule has 0 aromatic heterocycles. The predicted octanol–water partition coefficient (Wildman–Crippen LogP) is 3.25. The summed E-state index contributed by atoms with van der Waals surface area (Å²) in [6, 6.07) is 15.4. The molecule has 180 valence electrons. The number of alkyl carbamates (subject to hydrolysis) is 1. The Labute approximate surface area is 198 Å². The largest absolute Gasteiger partial charge is 0.480 e. The van der Waals surface area contributed by atoms with E-state index in [4.69, 9.17) is 9.47 Å². The number of nitrogens with zero attached hydrogens (tertiary/aromatic N) is 1. The van der Waals surface area contributed by atoms with Gasteiger partial charge in [0.2, 0.25) is 5.91 Å². The van der Waals surface area contributed by atoms with Gasteiger partial charge in [0.1, 0.15) is 19.3 Å². The van der Waals surface area contributed by atoms with Gasteiger partial charge in [0.15, 0.2) is 0 Å². The van der Waals surface area contributed by atoms with Crippen LogP contribution in [0.15, 0.2) is 48.5 Å². The average Bonchev–Trinajstić information content (AvgIpc) is 3.31. The second-order valence-corrected chi connectivity index (χ2v) is 9.37. The molecule has 0 radical (unpaired) electrons. The summed E-state index contributed by atoms with van der Waals surface area (Å²) in [5.74, 6) is -1.38. The Kier molecular flexibility index (Phi) is 6.88. The Morgan fingerprint density at radius 3 is 2.29 bits per heavy atom. The number of carboxylic acid groups (broad SMARTS) is 1. The van der Waals surface area contributed by atoms with Crippen molar-refractivity contribution in [2.24, 2.45) is 5.41 Å². The molecule has 1 aliphatic carbocycles. The van der Waals surface area contributed by atoms with Gasteiger partial charge in [0.25, 0.3) is 0 Å². The van der Waals surface area contributed by atoms with Crippen molar-refractivity contribution in [2.75, 3.05) is 32.9 Å². The maximum absolute atomic E-state index is 12.4. The number of fused-ring (bicyclic) bond motifs is 3. The molecular formula is C26H30N2O6. The summed E-state index contributed by atoms with van der Waals surface area (Å²) < 4.78 is 10.8. The first-order chi connectivity index (χ1) is 16.3. The molecule has 1 atom stereocenters. The average molecular weight is 467 g/mol. The maximum atomic E-state index is 12.4. The fourth-order valence-corrected chi connectivity index (χ4v) is 4.95. The van der Waals surface area contributed by atoms with Crippen molar-refractivity contribution in [2.45, 2.75) is 32.2 Å². The molecule has 1 fully saturated rings. The molecule has 0 saturated carbocycles. The van der Waals surface area contributed by atoms with Gasteiger partial charge >= 0.3 is 12.1 Å². The normalized spacial score (nSPS) is 18.3. The Balaban J connectivity index is 1.20. The maximum Gasteiger partial charge on any atom is 0.407 e. The third-order valence-corrected chi connectivity index (χ3v) is 6.69. The number of aliphatic carboxylic acids is 1. The number of benzene rings is 2. The second kappa shape index (κ2) is 9.85. The van der Waals surface area contributed by atoms with Gasteiger partial charge in [-0.3, -0.25) is 4.79 Å². The predicted molar refractivity (Wildman–Crippen MR) is 125 cm³/mol. The molecule has 1 heterocycles. The smallest absolute Gasteiger partial charge is 0.407 e. The standard InChI is InChI=1S/C26H30N2O6/c1-26(2)11-13-28(23(26)24(30)31)22(29)16-33-14-12-27-25(32)34-15-21-19-9-5-3-7-17(19)18-8-4-6-10-20(18)21/h3-10,21,23H,11-16H2,1-2H3,(H,27,32)(H,30,31). The molecule has 2 amide bonds. The van der Waals surface area contributed by atoms with E-state index in [0.717, 1.165) is 22.3 Å². The van der Waals surface area contributed by atoms with Crippen LogP contribution in [0.3, 0.4) is 0 Å². The first kappa shape index (κ1) is 23.8. The third kappa shape index (κ3) is 4.77. The van der Waals surface area contributed by atoms with Gasteiger partial charge < -0.3 is 24.8 Å². The molecule has 0 bridgehead atoms. The fourth-order valence-electron chi connectivity index (χ4n) is 4.95. The molecule has 2 aromatic rings. The highest BCUT2D eigenvalue weighted by Gasteiger charge is 2.47. The number of ether oxygens (including phenoxy) is 2. The molecule has 1 unspecified atom stereocenters. The van der Waals surface area contributed by atoms with E-state index in [9.17, 15) is 19.5 Å². The number of carbonyl (C=O) groups excluding carboxylic acids is 2. The van der Waals surface area contributed by atoms with Crippen molar-refractivity contribution < 1.29 is 29.0 Å². The first-order valence-corrected chi connectivity index (χ1v) is 11.5. The molecule has 1 saturated heterocycles. The van der Waals surface area contributed by atoms with Crippen LogP contribution in [0, 0.1) is 5.41 Å². The number of carboxylic acids is 1. The number of likely N-dealkylation sites (tertiary alicyclic amines) is 1. The zero-order chi connectivity index (χ0) is 24.3. The number of amides is 2. The summed E-state index contributed by atoms with van der Waals surface area (Å²) in [5, 5.41) is 12.1. The van der Waals surface area contributed by atoms with Crippen LogP contribution >= 0.6 is 0 Å². The summed E-state index contributed by atoms with van der Waals surface area (Å²) in [6.45, 7) is 4.37. The van der Waals surface area contributed by atoms with Crippen molar-refractivity contribution in [1.82, 2.24) is 10.2 Å². The van der Waals surface area contributed by atoms with E-state index in [2.05, 4.69) is 29.6 Å². The van der Waals surface area contributed by atoms with E-state index in [1.165, 1.54) is 4.90 Å². The van der Waals surface area contributed by atoms with Gasteiger partial charge in [0.05, 0.1) is 6.61 Å². The van der Waals surface area contributed by atoms with Gasteiger partial charge in [-0.2, -0.15) is 0 Å². The summed E-state index contributed by atoms with van der Waals surface area (Å²) in [5.41, 5.74) is 4.13. The topological polar surface area (TPSA) is 105 Å². The summed E-state index contributed by atoms with van der Waals surface area (Å²) >= 11 is 0. The number of nitrogens with one attached hydrogen (secondary N) is 1. The van der Waals surface area contributed by atoms with E-state index in [1.807, 2.05) is 38.1 Å². The van der Waals surface area contributed by atoms with Gasteiger partial charge in [-0.15, -0.1) is 0 Å². The minimum absolute atomic E-state index is 0.0149. The lowest BCUT2D eigenvalue weighted by atomic mass is 9.85. The lowest BCUT2D eigenvalue weighted by molar-refractivity contribution is -0.153. The van der Waals surface area contributed by atoms with Crippen molar-refractivity contribution >= 4 is 18.0 Å². The van der Waals surface area contributed by atoms with Gasteiger partial charge in [0, 0.05) is 19.0 Å². The van der Waals surface area contributed by atoms with E-state index < -0.39 is 23.5 Å². The minimum Gasteiger partial charge on any atom is -0.480 e. The van der Waals surface area contributed by atoms with Crippen molar-refractivity contribution in [1.29, 1.82) is 0 Å². The zero-order valence-corrected chi connectivity index (χ0v) is 19.5. The quantitative estimate of drug-likeness (QED) is 0.579. The van der Waals surface area contributed by atoms with Gasteiger partial charge in [-0.1, -0.05) is 62.4 Å². The summed E-state index contributed by atoms with van der Waals surface area (Å²) in [6.07, 6.45) is 0.0722. The van der Waals surface area contributed by atoms with Crippen LogP contribution < -0.4 is 5.32 Å². The van der Waals surface area contributed by atoms with Crippen molar-refractivity contribution in [3.05, 3.63) is 59.7 Å².